The second-order valence-corrected chi connectivity index (χ2v) is 3.02. The Morgan fingerprint density at radius 2 is 1.90 bits per heavy atom. The molecule has 1 heterocycles. The van der Waals surface area contributed by atoms with Crippen LogP contribution in [0.25, 0.3) is 0 Å². The van der Waals surface area contributed by atoms with Crippen molar-refractivity contribution in [2.45, 2.75) is 38.3 Å². The van der Waals surface area contributed by atoms with Crippen LogP contribution in [-0.2, 0) is 0 Å². The van der Waals surface area contributed by atoms with E-state index in [2.05, 4.69) is 17.2 Å². The second kappa shape index (κ2) is 3.10. The van der Waals surface area contributed by atoms with Gasteiger partial charge in [0.15, 0.2) is 5.66 Å². The van der Waals surface area contributed by atoms with Crippen molar-refractivity contribution >= 4 is 0 Å². The molecular formula is C7H15N3. The standard InChI is InChI=1S/C7H15N3/c1-7(9-10-7)5-3-2-4-6-8/h2-6,8H2,1H3. The van der Waals surface area contributed by atoms with Gasteiger partial charge in [-0.2, -0.15) is 10.2 Å². The number of nitrogens with zero attached hydrogens (tertiary/aromatic N) is 2. The van der Waals surface area contributed by atoms with Crippen LogP contribution in [0.15, 0.2) is 10.2 Å². The average Bonchev–Trinajstić information content (AvgIpc) is 2.62. The minimum absolute atomic E-state index is 0.00853. The van der Waals surface area contributed by atoms with Gasteiger partial charge in [-0.15, -0.1) is 0 Å². The molecule has 0 bridgehead atoms. The summed E-state index contributed by atoms with van der Waals surface area (Å²) < 4.78 is 0. The minimum Gasteiger partial charge on any atom is -0.330 e. The lowest BCUT2D eigenvalue weighted by Gasteiger charge is -2.01. The van der Waals surface area contributed by atoms with Gasteiger partial charge in [0.2, 0.25) is 0 Å². The summed E-state index contributed by atoms with van der Waals surface area (Å²) in [6.45, 7) is 2.88. The average molecular weight is 141 g/mol. The van der Waals surface area contributed by atoms with Crippen LogP contribution in [0.3, 0.4) is 0 Å². The van der Waals surface area contributed by atoms with Crippen molar-refractivity contribution in [3.8, 4) is 0 Å². The fraction of sp³-hybridized carbons (Fsp3) is 1.00. The van der Waals surface area contributed by atoms with Crippen molar-refractivity contribution in [3.05, 3.63) is 0 Å². The molecule has 0 unspecified atom stereocenters. The van der Waals surface area contributed by atoms with E-state index in [1.807, 2.05) is 0 Å². The third-order valence-electron chi connectivity index (χ3n) is 1.80. The van der Waals surface area contributed by atoms with Crippen LogP contribution in [0.4, 0.5) is 0 Å². The number of hydrogen-bond donors (Lipinski definition) is 1. The van der Waals surface area contributed by atoms with Gasteiger partial charge in [-0.1, -0.05) is 6.42 Å². The van der Waals surface area contributed by atoms with E-state index in [0.29, 0.717) is 0 Å². The van der Waals surface area contributed by atoms with E-state index in [1.54, 1.807) is 0 Å². The van der Waals surface area contributed by atoms with E-state index in [4.69, 9.17) is 5.73 Å². The summed E-state index contributed by atoms with van der Waals surface area (Å²) in [4.78, 5) is 0. The van der Waals surface area contributed by atoms with E-state index in [9.17, 15) is 0 Å². The zero-order chi connectivity index (χ0) is 7.45. The maximum Gasteiger partial charge on any atom is 0.188 e. The van der Waals surface area contributed by atoms with Gasteiger partial charge in [0.25, 0.3) is 0 Å². The van der Waals surface area contributed by atoms with Crippen LogP contribution < -0.4 is 5.73 Å². The maximum absolute atomic E-state index is 5.35. The molecule has 0 atom stereocenters. The van der Waals surface area contributed by atoms with E-state index in [1.165, 1.54) is 12.8 Å². The fourth-order valence-electron chi connectivity index (χ4n) is 0.966. The molecule has 0 saturated heterocycles. The molecule has 1 rings (SSSR count). The fourth-order valence-corrected chi connectivity index (χ4v) is 0.966. The molecule has 0 fully saturated rings. The van der Waals surface area contributed by atoms with Gasteiger partial charge in [-0.3, -0.25) is 0 Å². The predicted molar refractivity (Wildman–Crippen MR) is 40.8 cm³/mol. The normalized spacial score (nSPS) is 19.4. The minimum atomic E-state index is 0.00853. The van der Waals surface area contributed by atoms with Crippen molar-refractivity contribution in [3.63, 3.8) is 0 Å². The van der Waals surface area contributed by atoms with Crippen molar-refractivity contribution in [1.29, 1.82) is 0 Å². The van der Waals surface area contributed by atoms with E-state index in [0.717, 1.165) is 19.4 Å². The van der Waals surface area contributed by atoms with Crippen molar-refractivity contribution in [2.24, 2.45) is 16.0 Å². The molecule has 0 saturated carbocycles. The summed E-state index contributed by atoms with van der Waals surface area (Å²) in [7, 11) is 0. The molecule has 0 radical (unpaired) electrons. The number of hydrogen-bond acceptors (Lipinski definition) is 3. The summed E-state index contributed by atoms with van der Waals surface area (Å²) in [6.07, 6.45) is 4.67. The Hall–Kier alpha value is -0.440. The van der Waals surface area contributed by atoms with E-state index < -0.39 is 0 Å². The molecule has 58 valence electrons. The van der Waals surface area contributed by atoms with Gasteiger partial charge < -0.3 is 5.73 Å². The quantitative estimate of drug-likeness (QED) is 0.582. The van der Waals surface area contributed by atoms with E-state index in [-0.39, 0.29) is 5.66 Å². The predicted octanol–water partition coefficient (Wildman–Crippen LogP) is 1.69. The molecule has 2 N–H and O–H groups in total. The van der Waals surface area contributed by atoms with Gasteiger partial charge in [0.05, 0.1) is 0 Å². The van der Waals surface area contributed by atoms with Gasteiger partial charge in [0, 0.05) is 0 Å². The monoisotopic (exact) mass is 141 g/mol. The lowest BCUT2D eigenvalue weighted by Crippen LogP contribution is -2.04. The largest absolute Gasteiger partial charge is 0.330 e. The van der Waals surface area contributed by atoms with Crippen LogP contribution in [0.1, 0.15) is 32.6 Å². The zero-order valence-corrected chi connectivity index (χ0v) is 6.51. The Balaban J connectivity index is 1.86. The zero-order valence-electron chi connectivity index (χ0n) is 6.51. The van der Waals surface area contributed by atoms with Gasteiger partial charge >= 0.3 is 0 Å². The lowest BCUT2D eigenvalue weighted by atomic mass is 10.1. The molecule has 3 nitrogen and oxygen atoms in total. The topological polar surface area (TPSA) is 50.7 Å². The smallest absolute Gasteiger partial charge is 0.188 e. The first-order valence-electron chi connectivity index (χ1n) is 3.91. The molecule has 1 aliphatic heterocycles. The Morgan fingerprint density at radius 3 is 2.40 bits per heavy atom. The Kier molecular flexibility index (Phi) is 2.38. The molecule has 10 heavy (non-hydrogen) atoms. The number of nitrogens with two attached hydrogens (primary N) is 1. The van der Waals surface area contributed by atoms with Gasteiger partial charge in [-0.25, -0.2) is 0 Å². The molecule has 0 amide bonds. The number of rotatable bonds is 5. The first-order valence-corrected chi connectivity index (χ1v) is 3.91. The highest BCUT2D eigenvalue weighted by molar-refractivity contribution is 4.87. The first-order chi connectivity index (χ1) is 4.77. The van der Waals surface area contributed by atoms with Crippen LogP contribution >= 0.6 is 0 Å². The van der Waals surface area contributed by atoms with Gasteiger partial charge in [0.1, 0.15) is 0 Å². The summed E-state index contributed by atoms with van der Waals surface area (Å²) in [5, 5.41) is 7.85. The Bertz CT molecular complexity index is 125. The lowest BCUT2D eigenvalue weighted by molar-refractivity contribution is 0.539. The van der Waals surface area contributed by atoms with Crippen LogP contribution in [0.5, 0.6) is 0 Å². The Morgan fingerprint density at radius 1 is 1.20 bits per heavy atom. The van der Waals surface area contributed by atoms with Crippen LogP contribution in [-0.4, -0.2) is 12.2 Å². The first kappa shape index (κ1) is 7.66. The highest BCUT2D eigenvalue weighted by atomic mass is 15.4. The summed E-state index contributed by atoms with van der Waals surface area (Å²) in [5.74, 6) is 0. The SMILES string of the molecule is CC1(CCCCCN)N=N1. The molecule has 0 aromatic rings. The molecule has 1 aliphatic rings. The molecule has 3 heteroatoms. The summed E-state index contributed by atoms with van der Waals surface area (Å²) in [5.41, 5.74) is 5.36. The molecule has 0 aromatic heterocycles. The second-order valence-electron chi connectivity index (χ2n) is 3.02. The van der Waals surface area contributed by atoms with Crippen molar-refractivity contribution in [2.75, 3.05) is 6.54 Å². The molecular weight excluding hydrogens is 126 g/mol. The van der Waals surface area contributed by atoms with Crippen LogP contribution in [0.2, 0.25) is 0 Å². The van der Waals surface area contributed by atoms with Gasteiger partial charge in [-0.05, 0) is 32.7 Å². The summed E-state index contributed by atoms with van der Waals surface area (Å²) >= 11 is 0. The summed E-state index contributed by atoms with van der Waals surface area (Å²) in [6, 6.07) is 0. The third-order valence-corrected chi connectivity index (χ3v) is 1.80. The number of unbranched alkanes of at least 4 members (excludes halogenated alkanes) is 2. The molecule has 0 spiro atoms. The van der Waals surface area contributed by atoms with Crippen LogP contribution in [0, 0.1) is 0 Å². The van der Waals surface area contributed by atoms with Crippen molar-refractivity contribution < 1.29 is 0 Å². The molecule has 0 aliphatic carbocycles. The molecule has 0 aromatic carbocycles. The maximum atomic E-state index is 5.35. The third kappa shape index (κ3) is 2.43. The Labute approximate surface area is 61.7 Å². The highest BCUT2D eigenvalue weighted by Crippen LogP contribution is 2.32. The van der Waals surface area contributed by atoms with E-state index >= 15 is 0 Å². The van der Waals surface area contributed by atoms with Crippen molar-refractivity contribution in [1.82, 2.24) is 0 Å². The highest BCUT2D eigenvalue weighted by Gasteiger charge is 2.32.